The van der Waals surface area contributed by atoms with Gasteiger partial charge in [0.05, 0.1) is 21.3 Å². The molecule has 28 heavy (non-hydrogen) atoms. The Morgan fingerprint density at radius 3 is 2.75 bits per heavy atom. The summed E-state index contributed by atoms with van der Waals surface area (Å²) >= 11 is 3.14. The maximum Gasteiger partial charge on any atom is 0.261 e. The molecule has 1 aliphatic rings. The normalized spacial score (nSPS) is 13.1. The molecule has 0 aliphatic carbocycles. The van der Waals surface area contributed by atoms with Crippen molar-refractivity contribution in [3.05, 3.63) is 65.7 Å². The summed E-state index contributed by atoms with van der Waals surface area (Å²) in [5.74, 6) is -1.13. The van der Waals surface area contributed by atoms with Crippen molar-refractivity contribution in [2.45, 2.75) is 4.34 Å². The fourth-order valence-corrected chi connectivity index (χ4v) is 4.53. The number of hydrogen-bond acceptors (Lipinski definition) is 6. The maximum absolute atomic E-state index is 12.7. The summed E-state index contributed by atoms with van der Waals surface area (Å²) in [6.45, 7) is 3.70. The zero-order valence-electron chi connectivity index (χ0n) is 14.9. The van der Waals surface area contributed by atoms with E-state index in [0.717, 1.165) is 19.5 Å². The van der Waals surface area contributed by atoms with Crippen molar-refractivity contribution in [1.29, 1.82) is 0 Å². The van der Waals surface area contributed by atoms with Crippen LogP contribution in [0.15, 0.2) is 53.4 Å². The fraction of sp³-hybridized carbons (Fsp3) is 0.100. The highest BCUT2D eigenvalue weighted by molar-refractivity contribution is 8.00. The number of benzene rings is 2. The minimum atomic E-state index is -0.412. The second-order valence-electron chi connectivity index (χ2n) is 6.09. The lowest BCUT2D eigenvalue weighted by molar-refractivity contribution is 0.0672. The van der Waals surface area contributed by atoms with E-state index in [1.165, 1.54) is 18.2 Å². The average Bonchev–Trinajstić information content (AvgIpc) is 3.22. The van der Waals surface area contributed by atoms with E-state index in [1.54, 1.807) is 35.2 Å². The van der Waals surface area contributed by atoms with Gasteiger partial charge in [-0.1, -0.05) is 17.8 Å². The minimum Gasteiger partial charge on any atom is -0.322 e. The van der Waals surface area contributed by atoms with Gasteiger partial charge in [-0.2, -0.15) is 0 Å². The Bertz CT molecular complexity index is 1150. The molecule has 4 rings (SSSR count). The number of hydrogen-bond donors (Lipinski definition) is 1. The number of fused-ring (bicyclic) bond motifs is 2. The Labute approximate surface area is 169 Å². The summed E-state index contributed by atoms with van der Waals surface area (Å²) in [5.41, 5.74) is 2.39. The van der Waals surface area contributed by atoms with E-state index < -0.39 is 5.91 Å². The van der Waals surface area contributed by atoms with Crippen LogP contribution in [0, 0.1) is 0 Å². The first-order valence-electron chi connectivity index (χ1n) is 8.39. The first-order valence-corrected chi connectivity index (χ1v) is 10.4. The highest BCUT2D eigenvalue weighted by Gasteiger charge is 2.35. The maximum atomic E-state index is 12.7. The van der Waals surface area contributed by atoms with Crippen LogP contribution in [0.4, 0.5) is 5.69 Å². The molecule has 0 atom stereocenters. The molecule has 1 aliphatic heterocycles. The standard InChI is InChI=1S/C20H15N3O3S2/c1-3-8-23-18(25)13-6-4-11(9-14(13)19(23)26)17(24)21-12-5-7-15-16(10-12)28-20(22-15)27-2/h3-7,9-10H,1,8H2,2H3,(H,21,24). The number of imide groups is 1. The first kappa shape index (κ1) is 18.4. The summed E-state index contributed by atoms with van der Waals surface area (Å²) in [4.78, 5) is 42.9. The third kappa shape index (κ3) is 3.10. The second kappa shape index (κ2) is 7.21. The molecule has 0 unspecified atom stereocenters. The number of anilines is 1. The second-order valence-corrected chi connectivity index (χ2v) is 8.17. The zero-order valence-corrected chi connectivity index (χ0v) is 16.5. The Morgan fingerprint density at radius 1 is 1.21 bits per heavy atom. The van der Waals surface area contributed by atoms with Crippen LogP contribution in [0.5, 0.6) is 0 Å². The largest absolute Gasteiger partial charge is 0.322 e. The number of carbonyl (C=O) groups excluding carboxylic acids is 3. The van der Waals surface area contributed by atoms with Crippen LogP contribution in [0.3, 0.4) is 0 Å². The zero-order chi connectivity index (χ0) is 19.8. The fourth-order valence-electron chi connectivity index (χ4n) is 3.00. The molecule has 0 radical (unpaired) electrons. The quantitative estimate of drug-likeness (QED) is 0.391. The molecule has 6 nitrogen and oxygen atoms in total. The van der Waals surface area contributed by atoms with E-state index in [9.17, 15) is 14.4 Å². The molecule has 0 saturated carbocycles. The van der Waals surface area contributed by atoms with Crippen molar-refractivity contribution in [3.63, 3.8) is 0 Å². The van der Waals surface area contributed by atoms with E-state index in [-0.39, 0.29) is 23.9 Å². The molecule has 2 heterocycles. The molecular formula is C20H15N3O3S2. The van der Waals surface area contributed by atoms with Crippen molar-refractivity contribution in [2.75, 3.05) is 18.1 Å². The molecular weight excluding hydrogens is 394 g/mol. The van der Waals surface area contributed by atoms with Crippen LogP contribution in [-0.2, 0) is 0 Å². The van der Waals surface area contributed by atoms with Gasteiger partial charge in [-0.15, -0.1) is 17.9 Å². The molecule has 8 heteroatoms. The first-order chi connectivity index (χ1) is 13.5. The van der Waals surface area contributed by atoms with Crippen molar-refractivity contribution >= 4 is 56.7 Å². The van der Waals surface area contributed by atoms with Gasteiger partial charge >= 0.3 is 0 Å². The Hall–Kier alpha value is -2.97. The molecule has 0 fully saturated rings. The molecule has 2 aromatic carbocycles. The summed E-state index contributed by atoms with van der Waals surface area (Å²) in [6.07, 6.45) is 3.46. The third-order valence-corrected chi connectivity index (χ3v) is 6.35. The van der Waals surface area contributed by atoms with Gasteiger partial charge in [-0.3, -0.25) is 19.3 Å². The van der Waals surface area contributed by atoms with E-state index >= 15 is 0 Å². The van der Waals surface area contributed by atoms with E-state index in [4.69, 9.17) is 0 Å². The molecule has 140 valence electrons. The third-order valence-electron chi connectivity index (χ3n) is 4.35. The van der Waals surface area contributed by atoms with Crippen LogP contribution >= 0.6 is 23.1 Å². The lowest BCUT2D eigenvalue weighted by Crippen LogP contribution is -2.29. The van der Waals surface area contributed by atoms with E-state index in [0.29, 0.717) is 16.8 Å². The van der Waals surface area contributed by atoms with E-state index in [1.807, 2.05) is 18.4 Å². The number of thioether (sulfide) groups is 1. The van der Waals surface area contributed by atoms with Crippen LogP contribution in [0.1, 0.15) is 31.1 Å². The highest BCUT2D eigenvalue weighted by Crippen LogP contribution is 2.30. The predicted octanol–water partition coefficient (Wildman–Crippen LogP) is 4.05. The van der Waals surface area contributed by atoms with Gasteiger partial charge in [-0.05, 0) is 42.7 Å². The topological polar surface area (TPSA) is 79.4 Å². The molecule has 1 N–H and O–H groups in total. The number of rotatable bonds is 5. The van der Waals surface area contributed by atoms with Gasteiger partial charge in [-0.25, -0.2) is 4.98 Å². The summed E-state index contributed by atoms with van der Waals surface area (Å²) in [7, 11) is 0. The van der Waals surface area contributed by atoms with E-state index in [2.05, 4.69) is 16.9 Å². The lowest BCUT2D eigenvalue weighted by atomic mass is 10.1. The number of aromatic nitrogens is 1. The highest BCUT2D eigenvalue weighted by atomic mass is 32.2. The Balaban J connectivity index is 1.59. The molecule has 0 spiro atoms. The molecule has 1 aromatic heterocycles. The molecule has 3 aromatic rings. The monoisotopic (exact) mass is 409 g/mol. The number of nitrogens with zero attached hydrogens (tertiary/aromatic N) is 2. The molecule has 0 bridgehead atoms. The van der Waals surface area contributed by atoms with Crippen molar-refractivity contribution in [3.8, 4) is 0 Å². The lowest BCUT2D eigenvalue weighted by Gasteiger charge is -2.09. The van der Waals surface area contributed by atoms with Gasteiger partial charge in [0, 0.05) is 17.8 Å². The molecule has 3 amide bonds. The summed E-state index contributed by atoms with van der Waals surface area (Å²) in [6, 6.07) is 10.1. The van der Waals surface area contributed by atoms with Gasteiger partial charge in [0.15, 0.2) is 4.34 Å². The van der Waals surface area contributed by atoms with Crippen LogP contribution in [0.2, 0.25) is 0 Å². The Kier molecular flexibility index (Phi) is 4.74. The van der Waals surface area contributed by atoms with Gasteiger partial charge < -0.3 is 5.32 Å². The van der Waals surface area contributed by atoms with Gasteiger partial charge in [0.25, 0.3) is 17.7 Å². The summed E-state index contributed by atoms with van der Waals surface area (Å²) in [5, 5.41) is 2.84. The van der Waals surface area contributed by atoms with Crippen molar-refractivity contribution < 1.29 is 14.4 Å². The van der Waals surface area contributed by atoms with Crippen molar-refractivity contribution in [1.82, 2.24) is 9.88 Å². The number of amides is 3. The number of carbonyl (C=O) groups is 3. The SMILES string of the molecule is C=CCN1C(=O)c2ccc(C(=O)Nc3ccc4nc(SC)sc4c3)cc2C1=O. The van der Waals surface area contributed by atoms with Gasteiger partial charge in [0.1, 0.15) is 0 Å². The summed E-state index contributed by atoms with van der Waals surface area (Å²) < 4.78 is 1.95. The smallest absolute Gasteiger partial charge is 0.261 e. The molecule has 0 saturated heterocycles. The van der Waals surface area contributed by atoms with Crippen molar-refractivity contribution in [2.24, 2.45) is 0 Å². The number of thiazole rings is 1. The van der Waals surface area contributed by atoms with Crippen LogP contribution in [0.25, 0.3) is 10.2 Å². The Morgan fingerprint density at radius 2 is 2.00 bits per heavy atom. The average molecular weight is 409 g/mol. The predicted molar refractivity (Wildman–Crippen MR) is 111 cm³/mol. The minimum absolute atomic E-state index is 0.140. The van der Waals surface area contributed by atoms with Gasteiger partial charge in [0.2, 0.25) is 0 Å². The number of nitrogens with one attached hydrogen (secondary N) is 1. The van der Waals surface area contributed by atoms with Crippen LogP contribution in [-0.4, -0.2) is 40.4 Å². The van der Waals surface area contributed by atoms with Crippen LogP contribution < -0.4 is 5.32 Å².